The molecule has 0 saturated heterocycles. The highest BCUT2D eigenvalue weighted by Gasteiger charge is 2.13. The third-order valence-electron chi connectivity index (χ3n) is 3.75. The van der Waals surface area contributed by atoms with Gasteiger partial charge in [0, 0.05) is 23.1 Å². The molecule has 8 heteroatoms. The van der Waals surface area contributed by atoms with E-state index in [-0.39, 0.29) is 16.9 Å². The third kappa shape index (κ3) is 4.63. The summed E-state index contributed by atoms with van der Waals surface area (Å²) in [4.78, 5) is 28.7. The summed E-state index contributed by atoms with van der Waals surface area (Å²) >= 11 is 6.05. The Morgan fingerprint density at radius 2 is 1.75 bits per heavy atom. The Labute approximate surface area is 165 Å². The van der Waals surface area contributed by atoms with Crippen molar-refractivity contribution in [2.75, 3.05) is 17.7 Å². The van der Waals surface area contributed by atoms with Crippen molar-refractivity contribution in [1.82, 2.24) is 4.98 Å². The van der Waals surface area contributed by atoms with Crippen LogP contribution in [0.3, 0.4) is 0 Å². The van der Waals surface area contributed by atoms with Gasteiger partial charge in [-0.1, -0.05) is 17.7 Å². The van der Waals surface area contributed by atoms with Gasteiger partial charge in [0.05, 0.1) is 12.1 Å². The SMILES string of the molecule is COc1ccc(NC(=O)c2ccnc(C(=O)Nc3cccc(F)c3)c2)cc1Cl. The number of aromatic nitrogens is 1. The number of ether oxygens (including phenoxy) is 1. The lowest BCUT2D eigenvalue weighted by Crippen LogP contribution is -2.17. The maximum Gasteiger partial charge on any atom is 0.274 e. The second-order valence-electron chi connectivity index (χ2n) is 5.70. The summed E-state index contributed by atoms with van der Waals surface area (Å²) in [6, 6.07) is 13.1. The summed E-state index contributed by atoms with van der Waals surface area (Å²) < 4.78 is 18.3. The number of halogens is 2. The summed E-state index contributed by atoms with van der Waals surface area (Å²) in [5.41, 5.74) is 1.00. The number of hydrogen-bond acceptors (Lipinski definition) is 4. The molecule has 0 spiro atoms. The average Bonchev–Trinajstić information content (AvgIpc) is 2.68. The number of hydrogen-bond donors (Lipinski definition) is 2. The van der Waals surface area contributed by atoms with Crippen LogP contribution >= 0.6 is 11.6 Å². The van der Waals surface area contributed by atoms with Crippen LogP contribution in [0.15, 0.2) is 60.8 Å². The second kappa shape index (κ2) is 8.49. The maximum absolute atomic E-state index is 13.2. The quantitative estimate of drug-likeness (QED) is 0.667. The molecule has 0 atom stereocenters. The van der Waals surface area contributed by atoms with Gasteiger partial charge in [-0.3, -0.25) is 14.6 Å². The number of anilines is 2. The molecule has 1 aromatic heterocycles. The van der Waals surface area contributed by atoms with Crippen molar-refractivity contribution in [2.24, 2.45) is 0 Å². The fourth-order valence-electron chi connectivity index (χ4n) is 2.40. The molecule has 0 saturated carbocycles. The van der Waals surface area contributed by atoms with E-state index in [1.54, 1.807) is 24.3 Å². The zero-order valence-corrected chi connectivity index (χ0v) is 15.5. The number of nitrogens with zero attached hydrogens (tertiary/aromatic N) is 1. The third-order valence-corrected chi connectivity index (χ3v) is 4.04. The summed E-state index contributed by atoms with van der Waals surface area (Å²) in [5.74, 6) is -0.992. The molecule has 1 heterocycles. The van der Waals surface area contributed by atoms with Crippen LogP contribution in [0.4, 0.5) is 15.8 Å². The summed E-state index contributed by atoms with van der Waals surface area (Å²) in [6.45, 7) is 0. The highest BCUT2D eigenvalue weighted by molar-refractivity contribution is 6.32. The lowest BCUT2D eigenvalue weighted by atomic mass is 10.2. The zero-order valence-electron chi connectivity index (χ0n) is 14.7. The van der Waals surface area contributed by atoms with Crippen LogP contribution in [-0.4, -0.2) is 23.9 Å². The molecule has 0 aliphatic carbocycles. The Morgan fingerprint density at radius 1 is 1.00 bits per heavy atom. The van der Waals surface area contributed by atoms with E-state index < -0.39 is 17.6 Å². The van der Waals surface area contributed by atoms with Crippen molar-refractivity contribution in [2.45, 2.75) is 0 Å². The molecule has 0 aliphatic rings. The molecule has 0 unspecified atom stereocenters. The van der Waals surface area contributed by atoms with Crippen molar-refractivity contribution in [1.29, 1.82) is 0 Å². The molecule has 0 aliphatic heterocycles. The Morgan fingerprint density at radius 3 is 2.46 bits per heavy atom. The Hall–Kier alpha value is -3.45. The summed E-state index contributed by atoms with van der Waals surface area (Å²) in [5, 5.41) is 5.57. The molecule has 0 fully saturated rings. The van der Waals surface area contributed by atoms with Gasteiger partial charge in [-0.15, -0.1) is 0 Å². The lowest BCUT2D eigenvalue weighted by Gasteiger charge is -2.09. The number of pyridine rings is 1. The van der Waals surface area contributed by atoms with E-state index in [1.165, 1.54) is 43.6 Å². The van der Waals surface area contributed by atoms with E-state index in [0.29, 0.717) is 16.5 Å². The van der Waals surface area contributed by atoms with Crippen LogP contribution in [0.5, 0.6) is 5.75 Å². The first-order valence-electron chi connectivity index (χ1n) is 8.14. The minimum atomic E-state index is -0.562. The van der Waals surface area contributed by atoms with Crippen LogP contribution in [0.1, 0.15) is 20.8 Å². The Kier molecular flexibility index (Phi) is 5.86. The number of methoxy groups -OCH3 is 1. The van der Waals surface area contributed by atoms with Crippen LogP contribution in [0, 0.1) is 5.82 Å². The van der Waals surface area contributed by atoms with E-state index in [0.717, 1.165) is 0 Å². The predicted octanol–water partition coefficient (Wildman–Crippen LogP) is 4.39. The van der Waals surface area contributed by atoms with E-state index in [9.17, 15) is 14.0 Å². The molecule has 0 radical (unpaired) electrons. The van der Waals surface area contributed by atoms with E-state index in [4.69, 9.17) is 16.3 Å². The predicted molar refractivity (Wildman–Crippen MR) is 105 cm³/mol. The van der Waals surface area contributed by atoms with Gasteiger partial charge in [0.15, 0.2) is 0 Å². The minimum absolute atomic E-state index is 0.0182. The number of amides is 2. The molecule has 0 bridgehead atoms. The van der Waals surface area contributed by atoms with Crippen LogP contribution in [0.2, 0.25) is 5.02 Å². The molecule has 28 heavy (non-hydrogen) atoms. The summed E-state index contributed by atoms with van der Waals surface area (Å²) in [6.07, 6.45) is 1.34. The normalized spacial score (nSPS) is 10.2. The first-order chi connectivity index (χ1) is 13.5. The van der Waals surface area contributed by atoms with E-state index in [1.807, 2.05) is 0 Å². The molecule has 2 N–H and O–H groups in total. The smallest absolute Gasteiger partial charge is 0.274 e. The molecule has 2 amide bonds. The van der Waals surface area contributed by atoms with Crippen molar-refractivity contribution < 1.29 is 18.7 Å². The highest BCUT2D eigenvalue weighted by Crippen LogP contribution is 2.27. The van der Waals surface area contributed by atoms with Crippen LogP contribution in [0.25, 0.3) is 0 Å². The number of benzene rings is 2. The average molecular weight is 400 g/mol. The standard InChI is InChI=1S/C20H15ClFN3O3/c1-28-18-6-5-15(11-16(18)21)24-19(26)12-7-8-23-17(9-12)20(27)25-14-4-2-3-13(22)10-14/h2-11H,1H3,(H,24,26)(H,25,27). The van der Waals surface area contributed by atoms with Crippen LogP contribution in [-0.2, 0) is 0 Å². The fraction of sp³-hybridized carbons (Fsp3) is 0.0500. The highest BCUT2D eigenvalue weighted by atomic mass is 35.5. The van der Waals surface area contributed by atoms with Gasteiger partial charge in [-0.2, -0.15) is 0 Å². The lowest BCUT2D eigenvalue weighted by molar-refractivity contribution is 0.102. The topological polar surface area (TPSA) is 80.3 Å². The van der Waals surface area contributed by atoms with Gasteiger partial charge < -0.3 is 15.4 Å². The van der Waals surface area contributed by atoms with Crippen molar-refractivity contribution in [3.63, 3.8) is 0 Å². The maximum atomic E-state index is 13.2. The zero-order chi connectivity index (χ0) is 20.1. The monoisotopic (exact) mass is 399 g/mol. The number of carbonyl (C=O) groups excluding carboxylic acids is 2. The van der Waals surface area contributed by atoms with Gasteiger partial charge in [-0.05, 0) is 48.5 Å². The number of nitrogens with one attached hydrogen (secondary N) is 2. The van der Waals surface area contributed by atoms with Gasteiger partial charge in [-0.25, -0.2) is 4.39 Å². The largest absolute Gasteiger partial charge is 0.495 e. The van der Waals surface area contributed by atoms with Crippen molar-refractivity contribution in [3.05, 3.63) is 82.9 Å². The molecular weight excluding hydrogens is 385 g/mol. The molecule has 3 aromatic rings. The second-order valence-corrected chi connectivity index (χ2v) is 6.10. The van der Waals surface area contributed by atoms with Crippen molar-refractivity contribution in [3.8, 4) is 5.75 Å². The number of carbonyl (C=O) groups is 2. The molecular formula is C20H15ClFN3O3. The van der Waals surface area contributed by atoms with Crippen molar-refractivity contribution >= 4 is 34.8 Å². The number of rotatable bonds is 5. The fourth-order valence-corrected chi connectivity index (χ4v) is 2.66. The van der Waals surface area contributed by atoms with Gasteiger partial charge in [0.1, 0.15) is 17.3 Å². The van der Waals surface area contributed by atoms with E-state index >= 15 is 0 Å². The molecule has 6 nitrogen and oxygen atoms in total. The minimum Gasteiger partial charge on any atom is -0.495 e. The summed E-state index contributed by atoms with van der Waals surface area (Å²) in [7, 11) is 1.49. The Balaban J connectivity index is 1.74. The van der Waals surface area contributed by atoms with Gasteiger partial charge in [0.25, 0.3) is 11.8 Å². The molecule has 3 rings (SSSR count). The molecule has 2 aromatic carbocycles. The first-order valence-corrected chi connectivity index (χ1v) is 8.52. The molecule has 142 valence electrons. The van der Waals surface area contributed by atoms with Crippen LogP contribution < -0.4 is 15.4 Å². The van der Waals surface area contributed by atoms with Gasteiger partial charge in [0.2, 0.25) is 0 Å². The first kappa shape index (κ1) is 19.3. The van der Waals surface area contributed by atoms with E-state index in [2.05, 4.69) is 15.6 Å². The Bertz CT molecular complexity index is 1040. The van der Waals surface area contributed by atoms with Gasteiger partial charge >= 0.3 is 0 Å².